The Labute approximate surface area is 158 Å². The molecule has 0 bridgehead atoms. The summed E-state index contributed by atoms with van der Waals surface area (Å²) in [6.45, 7) is 4.87. The van der Waals surface area contributed by atoms with Gasteiger partial charge in [0.05, 0.1) is 0 Å². The molecule has 0 unspecified atom stereocenters. The van der Waals surface area contributed by atoms with Crippen molar-refractivity contribution in [3.8, 4) is 11.5 Å². The van der Waals surface area contributed by atoms with E-state index in [0.717, 1.165) is 22.6 Å². The van der Waals surface area contributed by atoms with Crippen LogP contribution < -0.4 is 14.8 Å². The van der Waals surface area contributed by atoms with Crippen LogP contribution in [0.25, 0.3) is 0 Å². The average Bonchev–Trinajstić information content (AvgIpc) is 3.35. The molecule has 0 radical (unpaired) electrons. The minimum Gasteiger partial charge on any atom is -0.454 e. The first-order valence-electron chi connectivity index (χ1n) is 8.99. The van der Waals surface area contributed by atoms with E-state index in [2.05, 4.69) is 24.3 Å². The van der Waals surface area contributed by atoms with Gasteiger partial charge < -0.3 is 19.6 Å². The van der Waals surface area contributed by atoms with Gasteiger partial charge in [-0.05, 0) is 23.3 Å². The van der Waals surface area contributed by atoms with Crippen LogP contribution in [0.3, 0.4) is 0 Å². The lowest BCUT2D eigenvalue weighted by molar-refractivity contribution is -0.115. The molecule has 6 nitrogen and oxygen atoms in total. The first kappa shape index (κ1) is 17.4. The van der Waals surface area contributed by atoms with E-state index in [1.165, 1.54) is 0 Å². The van der Waals surface area contributed by atoms with Crippen molar-refractivity contribution in [2.24, 2.45) is 5.16 Å². The van der Waals surface area contributed by atoms with E-state index in [-0.39, 0.29) is 24.2 Å². The SMILES string of the molecule is CC(C)(CNC(=O)C1=NO[C@@H](c2ccccc2)C1)c1ccc2c(c1)OCO2. The largest absolute Gasteiger partial charge is 0.454 e. The summed E-state index contributed by atoms with van der Waals surface area (Å²) in [6, 6.07) is 15.7. The van der Waals surface area contributed by atoms with Gasteiger partial charge in [0, 0.05) is 18.4 Å². The molecule has 2 aliphatic heterocycles. The molecular formula is C21H22N2O4. The maximum Gasteiger partial charge on any atom is 0.269 e. The third-order valence-corrected chi connectivity index (χ3v) is 4.95. The number of nitrogens with one attached hydrogen (secondary N) is 1. The lowest BCUT2D eigenvalue weighted by Gasteiger charge is -2.25. The summed E-state index contributed by atoms with van der Waals surface area (Å²) in [5.41, 5.74) is 2.24. The fourth-order valence-electron chi connectivity index (χ4n) is 3.18. The number of carbonyl (C=O) groups is 1. The molecular weight excluding hydrogens is 344 g/mol. The molecule has 0 saturated carbocycles. The van der Waals surface area contributed by atoms with Gasteiger partial charge in [0.15, 0.2) is 17.6 Å². The van der Waals surface area contributed by atoms with Gasteiger partial charge in [-0.1, -0.05) is 55.4 Å². The predicted octanol–water partition coefficient (Wildman–Crippen LogP) is 3.33. The van der Waals surface area contributed by atoms with E-state index in [0.29, 0.717) is 18.7 Å². The number of benzene rings is 2. The molecule has 6 heteroatoms. The third-order valence-electron chi connectivity index (χ3n) is 4.95. The molecule has 140 valence electrons. The molecule has 0 aromatic heterocycles. The summed E-state index contributed by atoms with van der Waals surface area (Å²) in [5.74, 6) is 1.30. The predicted molar refractivity (Wildman–Crippen MR) is 101 cm³/mol. The average molecular weight is 366 g/mol. The maximum absolute atomic E-state index is 12.5. The number of rotatable bonds is 5. The molecule has 2 heterocycles. The number of ether oxygens (including phenoxy) is 2. The number of amides is 1. The van der Waals surface area contributed by atoms with Crippen LogP contribution in [-0.2, 0) is 15.0 Å². The van der Waals surface area contributed by atoms with Crippen molar-refractivity contribution in [2.45, 2.75) is 31.8 Å². The van der Waals surface area contributed by atoms with Gasteiger partial charge in [-0.2, -0.15) is 0 Å². The van der Waals surface area contributed by atoms with Crippen LogP contribution in [0.15, 0.2) is 53.7 Å². The van der Waals surface area contributed by atoms with Gasteiger partial charge in [-0.15, -0.1) is 0 Å². The van der Waals surface area contributed by atoms with Gasteiger partial charge in [0.1, 0.15) is 5.71 Å². The van der Waals surface area contributed by atoms with Crippen LogP contribution >= 0.6 is 0 Å². The van der Waals surface area contributed by atoms with Gasteiger partial charge >= 0.3 is 0 Å². The Balaban J connectivity index is 1.36. The molecule has 0 saturated heterocycles. The van der Waals surface area contributed by atoms with Crippen LogP contribution in [0.1, 0.15) is 37.5 Å². The Morgan fingerprint density at radius 1 is 1.15 bits per heavy atom. The van der Waals surface area contributed by atoms with E-state index in [4.69, 9.17) is 14.3 Å². The highest BCUT2D eigenvalue weighted by Crippen LogP contribution is 2.36. The number of hydrogen-bond donors (Lipinski definition) is 1. The fourth-order valence-corrected chi connectivity index (χ4v) is 3.18. The Morgan fingerprint density at radius 2 is 1.93 bits per heavy atom. The smallest absolute Gasteiger partial charge is 0.269 e. The van der Waals surface area contributed by atoms with Gasteiger partial charge in [0.25, 0.3) is 5.91 Å². The number of nitrogens with zero attached hydrogens (tertiary/aromatic N) is 1. The highest BCUT2D eigenvalue weighted by molar-refractivity contribution is 6.39. The lowest BCUT2D eigenvalue weighted by Crippen LogP contribution is -2.39. The molecule has 2 aromatic rings. The third kappa shape index (κ3) is 3.60. The van der Waals surface area contributed by atoms with Crippen LogP contribution in [0, 0.1) is 0 Å². The Kier molecular flexibility index (Phi) is 4.48. The highest BCUT2D eigenvalue weighted by Gasteiger charge is 2.29. The minimum absolute atomic E-state index is 0.192. The topological polar surface area (TPSA) is 69.2 Å². The van der Waals surface area contributed by atoms with E-state index >= 15 is 0 Å². The summed E-state index contributed by atoms with van der Waals surface area (Å²) in [7, 11) is 0. The van der Waals surface area contributed by atoms with Crippen molar-refractivity contribution in [1.82, 2.24) is 5.32 Å². The quantitative estimate of drug-likeness (QED) is 0.881. The first-order chi connectivity index (χ1) is 13.0. The lowest BCUT2D eigenvalue weighted by atomic mass is 9.84. The molecule has 1 amide bonds. The molecule has 2 aromatic carbocycles. The van der Waals surface area contributed by atoms with E-state index in [9.17, 15) is 4.79 Å². The van der Waals surface area contributed by atoms with Crippen molar-refractivity contribution >= 4 is 11.6 Å². The summed E-state index contributed by atoms with van der Waals surface area (Å²) in [4.78, 5) is 18.0. The molecule has 27 heavy (non-hydrogen) atoms. The van der Waals surface area contributed by atoms with Crippen LogP contribution in [0.2, 0.25) is 0 Å². The van der Waals surface area contributed by atoms with Gasteiger partial charge in [-0.3, -0.25) is 4.79 Å². The number of fused-ring (bicyclic) bond motifs is 1. The zero-order chi connectivity index (χ0) is 18.9. The highest BCUT2D eigenvalue weighted by atomic mass is 16.7. The zero-order valence-electron chi connectivity index (χ0n) is 15.4. The van der Waals surface area contributed by atoms with Crippen molar-refractivity contribution in [3.63, 3.8) is 0 Å². The summed E-state index contributed by atoms with van der Waals surface area (Å²) >= 11 is 0. The number of oxime groups is 1. The molecule has 2 aliphatic rings. The van der Waals surface area contributed by atoms with E-state index in [1.54, 1.807) is 0 Å². The normalized spacial score (nSPS) is 18.0. The van der Waals surface area contributed by atoms with Gasteiger partial charge in [0.2, 0.25) is 6.79 Å². The van der Waals surface area contributed by atoms with Crippen molar-refractivity contribution in [3.05, 3.63) is 59.7 Å². The second kappa shape index (κ2) is 6.95. The molecule has 0 aliphatic carbocycles. The summed E-state index contributed by atoms with van der Waals surface area (Å²) < 4.78 is 10.8. The van der Waals surface area contributed by atoms with Crippen molar-refractivity contribution < 1.29 is 19.1 Å². The van der Waals surface area contributed by atoms with Crippen LogP contribution in [-0.4, -0.2) is 25.0 Å². The van der Waals surface area contributed by atoms with Crippen LogP contribution in [0.5, 0.6) is 11.5 Å². The molecule has 4 rings (SSSR count). The molecule has 1 N–H and O–H groups in total. The second-order valence-electron chi connectivity index (χ2n) is 7.38. The molecule has 0 spiro atoms. The number of hydrogen-bond acceptors (Lipinski definition) is 5. The maximum atomic E-state index is 12.5. The summed E-state index contributed by atoms with van der Waals surface area (Å²) in [5, 5.41) is 6.96. The van der Waals surface area contributed by atoms with E-state index in [1.807, 2.05) is 48.5 Å². The Bertz CT molecular complexity index is 877. The Morgan fingerprint density at radius 3 is 2.74 bits per heavy atom. The molecule has 0 fully saturated rings. The van der Waals surface area contributed by atoms with Gasteiger partial charge in [-0.25, -0.2) is 0 Å². The standard InChI is InChI=1S/C21H22N2O4/c1-21(2,15-8-9-17-19(10-15)26-13-25-17)12-22-20(24)16-11-18(27-23-16)14-6-4-3-5-7-14/h3-10,18H,11-13H2,1-2H3,(H,22,24)/t18-/m1/s1. The Hall–Kier alpha value is -3.02. The van der Waals surface area contributed by atoms with Crippen LogP contribution in [0.4, 0.5) is 0 Å². The van der Waals surface area contributed by atoms with Crippen molar-refractivity contribution in [2.75, 3.05) is 13.3 Å². The monoisotopic (exact) mass is 366 g/mol. The minimum atomic E-state index is -0.268. The molecule has 1 atom stereocenters. The number of carbonyl (C=O) groups excluding carboxylic acids is 1. The zero-order valence-corrected chi connectivity index (χ0v) is 15.4. The fraction of sp³-hybridized carbons (Fsp3) is 0.333. The second-order valence-corrected chi connectivity index (χ2v) is 7.38. The van der Waals surface area contributed by atoms with Crippen molar-refractivity contribution in [1.29, 1.82) is 0 Å². The summed E-state index contributed by atoms with van der Waals surface area (Å²) in [6.07, 6.45) is 0.272. The van der Waals surface area contributed by atoms with E-state index < -0.39 is 0 Å². The first-order valence-corrected chi connectivity index (χ1v) is 8.99.